The Morgan fingerprint density at radius 1 is 1.60 bits per heavy atom. The van der Waals surface area contributed by atoms with Gasteiger partial charge >= 0.3 is 7.12 Å². The van der Waals surface area contributed by atoms with Gasteiger partial charge in [0.1, 0.15) is 0 Å². The fraction of sp³-hybridized carbons (Fsp3) is 0.333. The quantitative estimate of drug-likeness (QED) is 0.627. The van der Waals surface area contributed by atoms with E-state index in [1.165, 1.54) is 12.0 Å². The summed E-state index contributed by atoms with van der Waals surface area (Å²) >= 11 is 1.55. The highest BCUT2D eigenvalue weighted by Gasteiger charge is 2.15. The molecule has 1 rings (SSSR count). The van der Waals surface area contributed by atoms with Crippen molar-refractivity contribution in [3.05, 3.63) is 17.0 Å². The van der Waals surface area contributed by atoms with E-state index in [1.807, 2.05) is 19.1 Å². The molecule has 1 N–H and O–H groups in total. The van der Waals surface area contributed by atoms with Gasteiger partial charge in [-0.05, 0) is 13.0 Å². The van der Waals surface area contributed by atoms with Gasteiger partial charge in [0, 0.05) is 16.8 Å². The van der Waals surface area contributed by atoms with Gasteiger partial charge in [0.2, 0.25) is 0 Å². The maximum absolute atomic E-state index is 9.13. The van der Waals surface area contributed by atoms with Crippen LogP contribution in [-0.4, -0.2) is 19.3 Å². The molecule has 4 heteroatoms. The van der Waals surface area contributed by atoms with Gasteiger partial charge in [-0.25, -0.2) is 0 Å². The van der Waals surface area contributed by atoms with Gasteiger partial charge in [0.25, 0.3) is 0 Å². The van der Waals surface area contributed by atoms with E-state index < -0.39 is 7.12 Å². The van der Waals surface area contributed by atoms with Gasteiger partial charge in [-0.1, -0.05) is 6.07 Å². The van der Waals surface area contributed by atoms with E-state index in [2.05, 4.69) is 0 Å². The van der Waals surface area contributed by atoms with Crippen LogP contribution in [0.2, 0.25) is 0 Å². The molecule has 0 aliphatic rings. The van der Waals surface area contributed by atoms with Crippen LogP contribution in [0.4, 0.5) is 0 Å². The molecule has 0 fully saturated rings. The maximum Gasteiger partial charge on any atom is 0.501 e. The molecule has 0 bridgehead atoms. The minimum absolute atomic E-state index is 0.751. The number of hydrogen-bond acceptors (Lipinski definition) is 3. The standard InChI is InChI=1S/C6H9BO2S/c1-5-3-4-6(10-5)7(8)9-2/h3-4,8H,1-2H3. The van der Waals surface area contributed by atoms with Crippen molar-refractivity contribution in [2.24, 2.45) is 0 Å². The maximum atomic E-state index is 9.13. The second kappa shape index (κ2) is 3.19. The third-order valence-electron chi connectivity index (χ3n) is 1.23. The molecule has 54 valence electrons. The molecule has 0 saturated heterocycles. The summed E-state index contributed by atoms with van der Waals surface area (Å²) < 4.78 is 5.58. The van der Waals surface area contributed by atoms with Crippen LogP contribution in [0, 0.1) is 6.92 Å². The zero-order valence-corrected chi connectivity index (χ0v) is 6.81. The minimum Gasteiger partial charge on any atom is -0.423 e. The Bertz CT molecular complexity index is 211. The summed E-state index contributed by atoms with van der Waals surface area (Å²) in [6.45, 7) is 2.00. The Balaban J connectivity index is 2.74. The molecular weight excluding hydrogens is 147 g/mol. The Morgan fingerprint density at radius 3 is 2.70 bits per heavy atom. The van der Waals surface area contributed by atoms with Gasteiger partial charge in [-0.2, -0.15) is 0 Å². The Hall–Kier alpha value is -0.315. The van der Waals surface area contributed by atoms with E-state index in [-0.39, 0.29) is 0 Å². The monoisotopic (exact) mass is 156 g/mol. The molecule has 0 amide bonds. The van der Waals surface area contributed by atoms with E-state index in [4.69, 9.17) is 9.68 Å². The molecule has 0 aliphatic heterocycles. The molecule has 1 aromatic rings. The van der Waals surface area contributed by atoms with E-state index >= 15 is 0 Å². The average molecular weight is 156 g/mol. The lowest BCUT2D eigenvalue weighted by Gasteiger charge is -1.96. The zero-order valence-electron chi connectivity index (χ0n) is 6.00. The smallest absolute Gasteiger partial charge is 0.423 e. The van der Waals surface area contributed by atoms with Gasteiger partial charge in [0.05, 0.1) is 0 Å². The Morgan fingerprint density at radius 2 is 2.30 bits per heavy atom. The van der Waals surface area contributed by atoms with Crippen molar-refractivity contribution in [1.82, 2.24) is 0 Å². The van der Waals surface area contributed by atoms with Crippen molar-refractivity contribution in [2.45, 2.75) is 6.92 Å². The van der Waals surface area contributed by atoms with Crippen molar-refractivity contribution in [3.8, 4) is 0 Å². The first-order chi connectivity index (χ1) is 4.74. The SMILES string of the molecule is COB(O)c1ccc(C)s1. The highest BCUT2D eigenvalue weighted by Crippen LogP contribution is 2.04. The number of aryl methyl sites for hydroxylation is 1. The summed E-state index contributed by atoms with van der Waals surface area (Å²) in [5, 5.41) is 9.13. The van der Waals surface area contributed by atoms with Crippen LogP contribution < -0.4 is 4.78 Å². The summed E-state index contributed by atoms with van der Waals surface area (Å²) in [6.07, 6.45) is 0. The fourth-order valence-corrected chi connectivity index (χ4v) is 1.54. The van der Waals surface area contributed by atoms with Crippen molar-refractivity contribution < 1.29 is 9.68 Å². The summed E-state index contributed by atoms with van der Waals surface area (Å²) in [5.74, 6) is 0. The molecule has 0 unspecified atom stereocenters. The number of rotatable bonds is 2. The molecule has 0 radical (unpaired) electrons. The highest BCUT2D eigenvalue weighted by atomic mass is 32.1. The van der Waals surface area contributed by atoms with Crippen LogP contribution in [-0.2, 0) is 4.65 Å². The van der Waals surface area contributed by atoms with Crippen LogP contribution in [0.1, 0.15) is 4.88 Å². The molecule has 1 heterocycles. The van der Waals surface area contributed by atoms with Gasteiger partial charge in [0.15, 0.2) is 0 Å². The van der Waals surface area contributed by atoms with E-state index in [0.717, 1.165) is 4.78 Å². The second-order valence-corrected chi connectivity index (χ2v) is 3.36. The highest BCUT2D eigenvalue weighted by molar-refractivity contribution is 7.22. The second-order valence-electron chi connectivity index (χ2n) is 2.04. The molecule has 2 nitrogen and oxygen atoms in total. The third kappa shape index (κ3) is 1.59. The topological polar surface area (TPSA) is 29.5 Å². The van der Waals surface area contributed by atoms with Crippen LogP contribution >= 0.6 is 11.3 Å². The van der Waals surface area contributed by atoms with E-state index in [1.54, 1.807) is 11.3 Å². The van der Waals surface area contributed by atoms with Crippen LogP contribution in [0.15, 0.2) is 12.1 Å². The number of thiophene rings is 1. The van der Waals surface area contributed by atoms with Crippen LogP contribution in [0.3, 0.4) is 0 Å². The predicted molar refractivity (Wildman–Crippen MR) is 43.7 cm³/mol. The first-order valence-corrected chi connectivity index (χ1v) is 3.83. The largest absolute Gasteiger partial charge is 0.501 e. The van der Waals surface area contributed by atoms with Gasteiger partial charge in [-0.3, -0.25) is 0 Å². The van der Waals surface area contributed by atoms with E-state index in [9.17, 15) is 0 Å². The van der Waals surface area contributed by atoms with Crippen molar-refractivity contribution in [3.63, 3.8) is 0 Å². The summed E-state index contributed by atoms with van der Waals surface area (Å²) in [6, 6.07) is 3.83. The van der Waals surface area contributed by atoms with Crippen LogP contribution in [0.5, 0.6) is 0 Å². The third-order valence-corrected chi connectivity index (χ3v) is 2.26. The lowest BCUT2D eigenvalue weighted by atomic mass is 9.89. The first kappa shape index (κ1) is 7.79. The Labute approximate surface area is 64.6 Å². The molecule has 1 aromatic heterocycles. The van der Waals surface area contributed by atoms with Crippen molar-refractivity contribution >= 4 is 23.2 Å². The fourth-order valence-electron chi connectivity index (χ4n) is 0.702. The molecule has 10 heavy (non-hydrogen) atoms. The molecule has 0 aliphatic carbocycles. The van der Waals surface area contributed by atoms with Gasteiger partial charge in [-0.15, -0.1) is 11.3 Å². The minimum atomic E-state index is -0.751. The van der Waals surface area contributed by atoms with Crippen molar-refractivity contribution in [2.75, 3.05) is 7.11 Å². The zero-order chi connectivity index (χ0) is 7.56. The molecular formula is C6H9BO2S. The lowest BCUT2D eigenvalue weighted by Crippen LogP contribution is -2.29. The summed E-state index contributed by atoms with van der Waals surface area (Å²) in [5.41, 5.74) is 0. The first-order valence-electron chi connectivity index (χ1n) is 3.01. The number of hydrogen-bond donors (Lipinski definition) is 1. The molecule has 0 spiro atoms. The normalized spacial score (nSPS) is 9.90. The Kier molecular flexibility index (Phi) is 2.48. The predicted octanol–water partition coefficient (Wildman–Crippen LogP) is 0.390. The lowest BCUT2D eigenvalue weighted by molar-refractivity contribution is 0.342. The summed E-state index contributed by atoms with van der Waals surface area (Å²) in [4.78, 5) is 1.19. The van der Waals surface area contributed by atoms with Crippen molar-refractivity contribution in [1.29, 1.82) is 0 Å². The summed E-state index contributed by atoms with van der Waals surface area (Å²) in [7, 11) is 0.735. The molecule has 0 saturated carbocycles. The van der Waals surface area contributed by atoms with E-state index in [0.29, 0.717) is 0 Å². The van der Waals surface area contributed by atoms with Gasteiger partial charge < -0.3 is 9.68 Å². The average Bonchev–Trinajstić information content (AvgIpc) is 2.34. The molecule has 0 aromatic carbocycles. The molecule has 0 atom stereocenters. The van der Waals surface area contributed by atoms with Crippen LogP contribution in [0.25, 0.3) is 0 Å².